The van der Waals surface area contributed by atoms with Crippen molar-refractivity contribution in [2.75, 3.05) is 6.61 Å². The van der Waals surface area contributed by atoms with Crippen LogP contribution in [0.2, 0.25) is 0 Å². The zero-order valence-corrected chi connectivity index (χ0v) is 17.7. The van der Waals surface area contributed by atoms with E-state index in [4.69, 9.17) is 14.6 Å². The van der Waals surface area contributed by atoms with Gasteiger partial charge in [-0.3, -0.25) is 0 Å². The molecule has 1 fully saturated rings. The molecule has 2 aliphatic rings. The van der Waals surface area contributed by atoms with Crippen LogP contribution in [0, 0.1) is 0 Å². The molecule has 3 aromatic rings. The molecule has 0 aromatic heterocycles. The summed E-state index contributed by atoms with van der Waals surface area (Å²) in [4.78, 5) is 11.0. The molecule has 4 atom stereocenters. The van der Waals surface area contributed by atoms with E-state index in [1.54, 1.807) is 36.4 Å². The molecule has 1 aliphatic heterocycles. The first-order valence-electron chi connectivity index (χ1n) is 10.2. The van der Waals surface area contributed by atoms with Gasteiger partial charge in [0.25, 0.3) is 0 Å². The van der Waals surface area contributed by atoms with Crippen molar-refractivity contribution in [1.82, 2.24) is 4.72 Å². The Balaban J connectivity index is 1.45. The Hall–Kier alpha value is -3.14. The fourth-order valence-corrected chi connectivity index (χ4v) is 5.90. The Kier molecular flexibility index (Phi) is 5.04. The maximum Gasteiger partial charge on any atom is 0.341 e. The minimum absolute atomic E-state index is 0.115. The number of nitrogens with one attached hydrogen (secondary N) is 1. The van der Waals surface area contributed by atoms with Crippen molar-refractivity contribution in [3.8, 4) is 11.5 Å². The average Bonchev–Trinajstić information content (AvgIpc) is 3.27. The highest BCUT2D eigenvalue weighted by atomic mass is 32.2. The van der Waals surface area contributed by atoms with Crippen molar-refractivity contribution in [1.29, 1.82) is 0 Å². The molecule has 166 valence electrons. The van der Waals surface area contributed by atoms with Gasteiger partial charge in [-0.25, -0.2) is 17.9 Å². The number of aliphatic carboxylic acids is 1. The molecule has 3 aromatic carbocycles. The maximum atomic E-state index is 13.2. The van der Waals surface area contributed by atoms with Crippen molar-refractivity contribution in [3.63, 3.8) is 0 Å². The van der Waals surface area contributed by atoms with Crippen LogP contribution in [-0.2, 0) is 14.8 Å². The lowest BCUT2D eigenvalue weighted by molar-refractivity contribution is -0.139. The molecule has 0 amide bonds. The van der Waals surface area contributed by atoms with Crippen LogP contribution in [0.3, 0.4) is 0 Å². The fourth-order valence-electron chi connectivity index (χ4n) is 4.58. The lowest BCUT2D eigenvalue weighted by atomic mass is 9.94. The van der Waals surface area contributed by atoms with Crippen molar-refractivity contribution in [2.24, 2.45) is 0 Å². The van der Waals surface area contributed by atoms with Crippen LogP contribution in [-0.4, -0.2) is 49.5 Å². The molecule has 8 nitrogen and oxygen atoms in total. The number of aliphatic hydroxyl groups is 1. The van der Waals surface area contributed by atoms with Gasteiger partial charge in [0.05, 0.1) is 17.0 Å². The molecule has 0 saturated heterocycles. The van der Waals surface area contributed by atoms with E-state index in [0.29, 0.717) is 11.3 Å². The number of sulfonamides is 1. The number of rotatable bonds is 6. The van der Waals surface area contributed by atoms with E-state index in [0.717, 1.165) is 10.8 Å². The Morgan fingerprint density at radius 2 is 1.88 bits per heavy atom. The van der Waals surface area contributed by atoms with Gasteiger partial charge >= 0.3 is 5.97 Å². The molecule has 1 heterocycles. The SMILES string of the molecule is O=C(O)COc1cccc2c1OC1CC(O)C(NS(=O)(=O)c3ccc4ccccc4c3)C21. The molecule has 0 bridgehead atoms. The van der Waals surface area contributed by atoms with Crippen LogP contribution in [0.25, 0.3) is 10.8 Å². The number of carboxylic acid groups (broad SMARTS) is 1. The smallest absolute Gasteiger partial charge is 0.341 e. The molecular formula is C23H21NO7S. The van der Waals surface area contributed by atoms with Gasteiger partial charge in [-0.05, 0) is 29.0 Å². The number of para-hydroxylation sites is 1. The van der Waals surface area contributed by atoms with E-state index in [-0.39, 0.29) is 17.1 Å². The molecule has 3 N–H and O–H groups in total. The minimum Gasteiger partial charge on any atom is -0.485 e. The molecular weight excluding hydrogens is 434 g/mol. The van der Waals surface area contributed by atoms with Crippen molar-refractivity contribution < 1.29 is 32.9 Å². The van der Waals surface area contributed by atoms with E-state index in [1.165, 1.54) is 0 Å². The summed E-state index contributed by atoms with van der Waals surface area (Å²) in [5.41, 5.74) is 0.681. The van der Waals surface area contributed by atoms with Crippen molar-refractivity contribution in [2.45, 2.75) is 35.5 Å². The first-order valence-corrected chi connectivity index (χ1v) is 11.7. The highest BCUT2D eigenvalue weighted by Crippen LogP contribution is 2.51. The Morgan fingerprint density at radius 1 is 1.09 bits per heavy atom. The third kappa shape index (κ3) is 3.58. The lowest BCUT2D eigenvalue weighted by Gasteiger charge is -2.22. The summed E-state index contributed by atoms with van der Waals surface area (Å²) in [6.07, 6.45) is -1.14. The number of hydrogen-bond donors (Lipinski definition) is 3. The Bertz CT molecular complexity index is 1310. The van der Waals surface area contributed by atoms with Crippen LogP contribution < -0.4 is 14.2 Å². The summed E-state index contributed by atoms with van der Waals surface area (Å²) in [5, 5.41) is 21.3. The first-order chi connectivity index (χ1) is 15.3. The van der Waals surface area contributed by atoms with E-state index >= 15 is 0 Å². The predicted octanol–water partition coefficient (Wildman–Crippen LogP) is 2.26. The summed E-state index contributed by atoms with van der Waals surface area (Å²) < 4.78 is 40.3. The first kappa shape index (κ1) is 20.7. The highest BCUT2D eigenvalue weighted by molar-refractivity contribution is 7.89. The molecule has 32 heavy (non-hydrogen) atoms. The number of benzene rings is 3. The zero-order chi connectivity index (χ0) is 22.5. The second kappa shape index (κ2) is 7.77. The number of ether oxygens (including phenoxy) is 2. The van der Waals surface area contributed by atoms with E-state index < -0.39 is 46.8 Å². The highest BCUT2D eigenvalue weighted by Gasteiger charge is 2.51. The maximum absolute atomic E-state index is 13.2. The fraction of sp³-hybridized carbons (Fsp3) is 0.261. The number of fused-ring (bicyclic) bond motifs is 4. The lowest BCUT2D eigenvalue weighted by Crippen LogP contribution is -2.43. The summed E-state index contributed by atoms with van der Waals surface area (Å²) in [6.45, 7) is -0.518. The number of hydrogen-bond acceptors (Lipinski definition) is 6. The Morgan fingerprint density at radius 3 is 2.66 bits per heavy atom. The molecule has 0 radical (unpaired) electrons. The minimum atomic E-state index is -3.92. The second-order valence-corrected chi connectivity index (χ2v) is 9.71. The van der Waals surface area contributed by atoms with Crippen LogP contribution in [0.5, 0.6) is 11.5 Å². The number of carbonyl (C=O) groups is 1. The van der Waals surface area contributed by atoms with Crippen LogP contribution in [0.15, 0.2) is 65.6 Å². The van der Waals surface area contributed by atoms with E-state index in [1.807, 2.05) is 24.3 Å². The van der Waals surface area contributed by atoms with Gasteiger partial charge in [0.2, 0.25) is 10.0 Å². The second-order valence-electron chi connectivity index (χ2n) is 8.00. The summed E-state index contributed by atoms with van der Waals surface area (Å²) in [7, 11) is -3.92. The normalized spacial score (nSPS) is 24.0. The predicted molar refractivity (Wildman–Crippen MR) is 115 cm³/mol. The third-order valence-electron chi connectivity index (χ3n) is 5.99. The van der Waals surface area contributed by atoms with Crippen LogP contribution in [0.4, 0.5) is 0 Å². The van der Waals surface area contributed by atoms with Gasteiger partial charge in [0.15, 0.2) is 18.1 Å². The molecule has 9 heteroatoms. The van der Waals surface area contributed by atoms with Crippen LogP contribution >= 0.6 is 0 Å². The van der Waals surface area contributed by atoms with Gasteiger partial charge in [0.1, 0.15) is 6.10 Å². The van der Waals surface area contributed by atoms with Crippen LogP contribution in [0.1, 0.15) is 17.9 Å². The number of aliphatic hydroxyl groups excluding tert-OH is 1. The van der Waals surface area contributed by atoms with Gasteiger partial charge < -0.3 is 19.7 Å². The zero-order valence-electron chi connectivity index (χ0n) is 16.8. The topological polar surface area (TPSA) is 122 Å². The van der Waals surface area contributed by atoms with E-state index in [2.05, 4.69) is 4.72 Å². The number of carboxylic acids is 1. The largest absolute Gasteiger partial charge is 0.485 e. The quantitative estimate of drug-likeness (QED) is 0.521. The van der Waals surface area contributed by atoms with Crippen molar-refractivity contribution >= 4 is 26.8 Å². The van der Waals surface area contributed by atoms with Crippen molar-refractivity contribution in [3.05, 3.63) is 66.2 Å². The standard InChI is InChI=1S/C23H21NO7S/c25-17-11-19-21(16-6-3-7-18(23(16)31-19)30-12-20(26)27)22(17)24-32(28,29)15-9-8-13-4-1-2-5-14(13)10-15/h1-10,17,19,21-22,24-25H,11-12H2,(H,26,27). The summed E-state index contributed by atoms with van der Waals surface area (Å²) in [6, 6.07) is 16.6. The molecule has 0 spiro atoms. The van der Waals surface area contributed by atoms with Gasteiger partial charge in [-0.1, -0.05) is 42.5 Å². The van der Waals surface area contributed by atoms with Gasteiger partial charge in [0, 0.05) is 17.9 Å². The molecule has 1 aliphatic carbocycles. The molecule has 1 saturated carbocycles. The summed E-state index contributed by atoms with van der Waals surface area (Å²) in [5.74, 6) is -0.865. The van der Waals surface area contributed by atoms with E-state index in [9.17, 15) is 18.3 Å². The molecule has 5 rings (SSSR count). The summed E-state index contributed by atoms with van der Waals surface area (Å²) >= 11 is 0. The monoisotopic (exact) mass is 455 g/mol. The average molecular weight is 455 g/mol. The Labute approximate surface area is 184 Å². The van der Waals surface area contributed by atoms with Gasteiger partial charge in [-0.15, -0.1) is 0 Å². The molecule has 4 unspecified atom stereocenters. The van der Waals surface area contributed by atoms with Gasteiger partial charge in [-0.2, -0.15) is 0 Å². The third-order valence-corrected chi connectivity index (χ3v) is 7.44.